The van der Waals surface area contributed by atoms with Crippen molar-refractivity contribution < 1.29 is 18.8 Å². The van der Waals surface area contributed by atoms with Crippen LogP contribution in [0.25, 0.3) is 11.3 Å². The van der Waals surface area contributed by atoms with E-state index in [1.807, 2.05) is 41.6 Å². The van der Waals surface area contributed by atoms with Gasteiger partial charge in [-0.25, -0.2) is 0 Å². The third-order valence-corrected chi connectivity index (χ3v) is 6.07. The van der Waals surface area contributed by atoms with E-state index >= 15 is 0 Å². The van der Waals surface area contributed by atoms with Gasteiger partial charge in [0, 0.05) is 36.8 Å². The topological polar surface area (TPSA) is 82.6 Å². The SMILES string of the molecule is CCn1ncc(-c2cc(C(=O)N3CCC[C@@H]3c3ccc4c(c3)OCCCO4)on2)c1C. The van der Waals surface area contributed by atoms with Gasteiger partial charge >= 0.3 is 0 Å². The molecule has 1 saturated heterocycles. The molecule has 0 aliphatic carbocycles. The molecular weight excluding hydrogens is 396 g/mol. The first-order chi connectivity index (χ1) is 15.2. The Hall–Kier alpha value is -3.29. The number of aryl methyl sites for hydroxylation is 1. The smallest absolute Gasteiger partial charge is 0.292 e. The minimum absolute atomic E-state index is 0.0252. The molecule has 5 rings (SSSR count). The van der Waals surface area contributed by atoms with Crippen molar-refractivity contribution in [1.29, 1.82) is 0 Å². The van der Waals surface area contributed by atoms with Gasteiger partial charge in [-0.3, -0.25) is 9.48 Å². The van der Waals surface area contributed by atoms with Crippen molar-refractivity contribution in [2.24, 2.45) is 0 Å². The fraction of sp³-hybridized carbons (Fsp3) is 0.435. The van der Waals surface area contributed by atoms with E-state index in [-0.39, 0.29) is 17.7 Å². The van der Waals surface area contributed by atoms with E-state index in [1.54, 1.807) is 12.3 Å². The number of carbonyl (C=O) groups excluding carboxylic acids is 1. The van der Waals surface area contributed by atoms with Crippen molar-refractivity contribution in [2.45, 2.75) is 45.7 Å². The minimum Gasteiger partial charge on any atom is -0.490 e. The number of nitrogens with zero attached hydrogens (tertiary/aromatic N) is 4. The summed E-state index contributed by atoms with van der Waals surface area (Å²) in [6, 6.07) is 7.67. The van der Waals surface area contributed by atoms with Crippen molar-refractivity contribution >= 4 is 5.91 Å². The van der Waals surface area contributed by atoms with E-state index in [2.05, 4.69) is 10.3 Å². The lowest BCUT2D eigenvalue weighted by atomic mass is 10.0. The monoisotopic (exact) mass is 422 g/mol. The summed E-state index contributed by atoms with van der Waals surface area (Å²) in [7, 11) is 0. The molecule has 3 aromatic rings. The average Bonchev–Trinajstić information content (AvgIpc) is 3.50. The average molecular weight is 422 g/mol. The molecule has 0 spiro atoms. The maximum absolute atomic E-state index is 13.3. The molecular formula is C23H26N4O4. The first kappa shape index (κ1) is 19.7. The van der Waals surface area contributed by atoms with Gasteiger partial charge in [0.25, 0.3) is 5.91 Å². The van der Waals surface area contributed by atoms with Crippen LogP contribution < -0.4 is 9.47 Å². The molecule has 0 radical (unpaired) electrons. The number of fused-ring (bicyclic) bond motifs is 1. The maximum atomic E-state index is 13.3. The second-order valence-corrected chi connectivity index (χ2v) is 7.95. The van der Waals surface area contributed by atoms with Crippen LogP contribution in [0, 0.1) is 6.92 Å². The zero-order chi connectivity index (χ0) is 21.4. The van der Waals surface area contributed by atoms with Crippen molar-refractivity contribution in [3.63, 3.8) is 0 Å². The molecule has 2 aliphatic heterocycles. The van der Waals surface area contributed by atoms with Crippen LogP contribution in [0.2, 0.25) is 0 Å². The van der Waals surface area contributed by atoms with Crippen molar-refractivity contribution in [1.82, 2.24) is 19.8 Å². The quantitative estimate of drug-likeness (QED) is 0.632. The van der Waals surface area contributed by atoms with E-state index in [1.165, 1.54) is 0 Å². The Balaban J connectivity index is 1.39. The Labute approximate surface area is 180 Å². The van der Waals surface area contributed by atoms with E-state index in [0.717, 1.165) is 54.1 Å². The molecule has 0 unspecified atom stereocenters. The fourth-order valence-corrected chi connectivity index (χ4v) is 4.40. The van der Waals surface area contributed by atoms with Gasteiger partial charge in [0.2, 0.25) is 5.76 Å². The van der Waals surface area contributed by atoms with E-state index in [4.69, 9.17) is 14.0 Å². The lowest BCUT2D eigenvalue weighted by molar-refractivity contribution is 0.0693. The lowest BCUT2D eigenvalue weighted by Crippen LogP contribution is -2.30. The fourth-order valence-electron chi connectivity index (χ4n) is 4.40. The second-order valence-electron chi connectivity index (χ2n) is 7.95. The van der Waals surface area contributed by atoms with Crippen LogP contribution in [-0.2, 0) is 6.54 Å². The number of likely N-dealkylation sites (tertiary alicyclic amines) is 1. The molecule has 4 heterocycles. The summed E-state index contributed by atoms with van der Waals surface area (Å²) < 4.78 is 18.9. The highest BCUT2D eigenvalue weighted by atomic mass is 16.5. The molecule has 8 heteroatoms. The van der Waals surface area contributed by atoms with Crippen LogP contribution in [0.1, 0.15) is 54.0 Å². The van der Waals surface area contributed by atoms with Gasteiger partial charge in [-0.1, -0.05) is 11.2 Å². The molecule has 2 aliphatic rings. The van der Waals surface area contributed by atoms with Gasteiger partial charge in [0.05, 0.1) is 25.5 Å². The van der Waals surface area contributed by atoms with Gasteiger partial charge in [0.1, 0.15) is 5.69 Å². The van der Waals surface area contributed by atoms with Crippen molar-refractivity contribution in [3.8, 4) is 22.8 Å². The van der Waals surface area contributed by atoms with Gasteiger partial charge in [-0.15, -0.1) is 0 Å². The number of benzene rings is 1. The zero-order valence-corrected chi connectivity index (χ0v) is 17.8. The molecule has 8 nitrogen and oxygen atoms in total. The van der Waals surface area contributed by atoms with Crippen molar-refractivity contribution in [2.75, 3.05) is 19.8 Å². The van der Waals surface area contributed by atoms with Gasteiger partial charge in [0.15, 0.2) is 11.5 Å². The number of hydrogen-bond acceptors (Lipinski definition) is 6. The molecule has 1 fully saturated rings. The summed E-state index contributed by atoms with van der Waals surface area (Å²) in [6.45, 7) is 6.78. The van der Waals surface area contributed by atoms with E-state index in [0.29, 0.717) is 25.5 Å². The summed E-state index contributed by atoms with van der Waals surface area (Å²) in [5.74, 6) is 1.62. The summed E-state index contributed by atoms with van der Waals surface area (Å²) in [4.78, 5) is 15.1. The van der Waals surface area contributed by atoms with Crippen LogP contribution in [0.4, 0.5) is 0 Å². The molecule has 162 valence electrons. The molecule has 1 amide bonds. The Bertz CT molecular complexity index is 1100. The normalized spacial score (nSPS) is 18.3. The molecule has 1 aromatic carbocycles. The Morgan fingerprint density at radius 3 is 2.81 bits per heavy atom. The summed E-state index contributed by atoms with van der Waals surface area (Å²) in [5, 5.41) is 8.49. The van der Waals surface area contributed by atoms with Gasteiger partial charge in [-0.05, 0) is 44.4 Å². The molecule has 1 atom stereocenters. The number of amides is 1. The number of ether oxygens (including phenoxy) is 2. The van der Waals surface area contributed by atoms with Crippen LogP contribution >= 0.6 is 0 Å². The van der Waals surface area contributed by atoms with E-state index in [9.17, 15) is 4.79 Å². The minimum atomic E-state index is -0.145. The number of rotatable bonds is 4. The number of carbonyl (C=O) groups is 1. The van der Waals surface area contributed by atoms with Crippen LogP contribution in [0.15, 0.2) is 35.0 Å². The van der Waals surface area contributed by atoms with Crippen LogP contribution in [0.5, 0.6) is 11.5 Å². The van der Waals surface area contributed by atoms with Gasteiger partial charge < -0.3 is 18.9 Å². The predicted molar refractivity (Wildman–Crippen MR) is 113 cm³/mol. The summed E-state index contributed by atoms with van der Waals surface area (Å²) in [6.07, 6.45) is 4.47. The Kier molecular flexibility index (Phi) is 5.13. The van der Waals surface area contributed by atoms with Gasteiger partial charge in [-0.2, -0.15) is 5.10 Å². The second kappa shape index (κ2) is 8.09. The van der Waals surface area contributed by atoms with Crippen molar-refractivity contribution in [3.05, 3.63) is 47.5 Å². The Morgan fingerprint density at radius 1 is 1.16 bits per heavy atom. The molecule has 0 saturated carbocycles. The standard InChI is InChI=1S/C23H26N4O4/c1-3-27-15(2)17(14-24-27)18-13-22(31-25-18)23(28)26-9-4-6-19(26)16-7-8-20-21(12-16)30-11-5-10-29-20/h7-8,12-14,19H,3-6,9-11H2,1-2H3/t19-/m1/s1. The van der Waals surface area contributed by atoms with Crippen LogP contribution in [-0.4, -0.2) is 45.5 Å². The third kappa shape index (κ3) is 3.56. The first-order valence-electron chi connectivity index (χ1n) is 10.9. The number of aromatic nitrogens is 3. The predicted octanol–water partition coefficient (Wildman–Crippen LogP) is 4.01. The highest BCUT2D eigenvalue weighted by Crippen LogP contribution is 2.38. The van der Waals surface area contributed by atoms with Crippen LogP contribution in [0.3, 0.4) is 0 Å². The Morgan fingerprint density at radius 2 is 2.00 bits per heavy atom. The molecule has 0 N–H and O–H groups in total. The lowest BCUT2D eigenvalue weighted by Gasteiger charge is -2.24. The zero-order valence-electron chi connectivity index (χ0n) is 17.8. The highest BCUT2D eigenvalue weighted by molar-refractivity contribution is 5.93. The maximum Gasteiger partial charge on any atom is 0.292 e. The first-order valence-corrected chi connectivity index (χ1v) is 10.9. The molecule has 31 heavy (non-hydrogen) atoms. The summed E-state index contributed by atoms with van der Waals surface area (Å²) in [5.41, 5.74) is 3.56. The largest absolute Gasteiger partial charge is 0.490 e. The molecule has 2 aromatic heterocycles. The summed E-state index contributed by atoms with van der Waals surface area (Å²) >= 11 is 0. The highest BCUT2D eigenvalue weighted by Gasteiger charge is 2.33. The third-order valence-electron chi connectivity index (χ3n) is 6.07. The van der Waals surface area contributed by atoms with E-state index < -0.39 is 0 Å². The molecule has 0 bridgehead atoms. The number of hydrogen-bond donors (Lipinski definition) is 0.